The van der Waals surface area contributed by atoms with Crippen LogP contribution in [-0.2, 0) is 0 Å². The van der Waals surface area contributed by atoms with Crippen molar-refractivity contribution in [2.75, 3.05) is 5.75 Å². The Labute approximate surface area is 96.7 Å². The Balaban J connectivity index is 1.90. The van der Waals surface area contributed by atoms with Crippen LogP contribution >= 0.6 is 11.8 Å². The van der Waals surface area contributed by atoms with Crippen LogP contribution in [-0.4, -0.2) is 17.0 Å². The standard InChI is InChI=1S/C13H19NS/c1-10-8-13(9-15-10)14-11(2)12-6-4-3-5-7-12/h3-7,10-11,13-14H,8-9H2,1-2H3. The molecule has 1 saturated heterocycles. The van der Waals surface area contributed by atoms with E-state index >= 15 is 0 Å². The summed E-state index contributed by atoms with van der Waals surface area (Å²) < 4.78 is 0. The third kappa shape index (κ3) is 2.99. The molecule has 1 nitrogen and oxygen atoms in total. The van der Waals surface area contributed by atoms with Crippen LogP contribution in [0.1, 0.15) is 31.9 Å². The van der Waals surface area contributed by atoms with Gasteiger partial charge in [0.25, 0.3) is 0 Å². The molecule has 0 aliphatic carbocycles. The summed E-state index contributed by atoms with van der Waals surface area (Å²) in [6, 6.07) is 11.9. The summed E-state index contributed by atoms with van der Waals surface area (Å²) in [5.74, 6) is 1.26. The second kappa shape index (κ2) is 5.04. The van der Waals surface area contributed by atoms with Gasteiger partial charge in [-0.15, -0.1) is 0 Å². The van der Waals surface area contributed by atoms with Crippen molar-refractivity contribution in [3.8, 4) is 0 Å². The lowest BCUT2D eigenvalue weighted by Gasteiger charge is -2.19. The predicted molar refractivity (Wildman–Crippen MR) is 68.3 cm³/mol. The maximum atomic E-state index is 3.70. The molecule has 3 atom stereocenters. The van der Waals surface area contributed by atoms with Crippen molar-refractivity contribution in [2.45, 2.75) is 37.6 Å². The number of thioether (sulfide) groups is 1. The van der Waals surface area contributed by atoms with Crippen molar-refractivity contribution < 1.29 is 0 Å². The fraction of sp³-hybridized carbons (Fsp3) is 0.538. The highest BCUT2D eigenvalue weighted by molar-refractivity contribution is 8.00. The minimum Gasteiger partial charge on any atom is -0.307 e. The van der Waals surface area contributed by atoms with Crippen LogP contribution in [0.15, 0.2) is 30.3 Å². The molecule has 15 heavy (non-hydrogen) atoms. The topological polar surface area (TPSA) is 12.0 Å². The van der Waals surface area contributed by atoms with Crippen LogP contribution in [0.2, 0.25) is 0 Å². The van der Waals surface area contributed by atoms with Gasteiger partial charge in [0.2, 0.25) is 0 Å². The number of hydrogen-bond acceptors (Lipinski definition) is 2. The van der Waals surface area contributed by atoms with Crippen molar-refractivity contribution in [1.29, 1.82) is 0 Å². The first-order chi connectivity index (χ1) is 7.25. The molecule has 1 N–H and O–H groups in total. The summed E-state index contributed by atoms with van der Waals surface area (Å²) in [4.78, 5) is 0. The fourth-order valence-corrected chi connectivity index (χ4v) is 3.29. The lowest BCUT2D eigenvalue weighted by atomic mass is 10.1. The van der Waals surface area contributed by atoms with Crippen LogP contribution in [0, 0.1) is 0 Å². The second-order valence-corrected chi connectivity index (χ2v) is 5.85. The molecule has 82 valence electrons. The zero-order valence-electron chi connectivity index (χ0n) is 9.44. The monoisotopic (exact) mass is 221 g/mol. The first-order valence-corrected chi connectivity index (χ1v) is 6.73. The molecule has 0 aromatic heterocycles. The van der Waals surface area contributed by atoms with Gasteiger partial charge in [-0.1, -0.05) is 37.3 Å². The normalized spacial score (nSPS) is 27.9. The smallest absolute Gasteiger partial charge is 0.0294 e. The third-order valence-electron chi connectivity index (χ3n) is 2.98. The van der Waals surface area contributed by atoms with E-state index in [-0.39, 0.29) is 0 Å². The first kappa shape index (κ1) is 11.0. The average molecular weight is 221 g/mol. The van der Waals surface area contributed by atoms with Gasteiger partial charge < -0.3 is 5.32 Å². The highest BCUT2D eigenvalue weighted by Crippen LogP contribution is 2.27. The van der Waals surface area contributed by atoms with Gasteiger partial charge in [-0.25, -0.2) is 0 Å². The van der Waals surface area contributed by atoms with Gasteiger partial charge >= 0.3 is 0 Å². The molecule has 0 saturated carbocycles. The van der Waals surface area contributed by atoms with Gasteiger partial charge in [-0.05, 0) is 18.9 Å². The molecule has 1 aromatic carbocycles. The van der Waals surface area contributed by atoms with Crippen molar-refractivity contribution >= 4 is 11.8 Å². The molecule has 1 fully saturated rings. The molecular formula is C13H19NS. The highest BCUT2D eigenvalue weighted by Gasteiger charge is 2.22. The molecule has 1 aliphatic heterocycles. The summed E-state index contributed by atoms with van der Waals surface area (Å²) in [7, 11) is 0. The van der Waals surface area contributed by atoms with E-state index in [1.807, 2.05) is 0 Å². The van der Waals surface area contributed by atoms with Gasteiger partial charge in [0.1, 0.15) is 0 Å². The molecular weight excluding hydrogens is 202 g/mol. The van der Waals surface area contributed by atoms with E-state index in [2.05, 4.69) is 61.3 Å². The molecule has 2 rings (SSSR count). The van der Waals surface area contributed by atoms with Crippen molar-refractivity contribution in [1.82, 2.24) is 5.32 Å². The zero-order chi connectivity index (χ0) is 10.7. The van der Waals surface area contributed by atoms with Crippen LogP contribution in [0.5, 0.6) is 0 Å². The van der Waals surface area contributed by atoms with Gasteiger partial charge in [0.05, 0.1) is 0 Å². The molecule has 1 heterocycles. The van der Waals surface area contributed by atoms with Gasteiger partial charge in [-0.3, -0.25) is 0 Å². The Kier molecular flexibility index (Phi) is 3.71. The summed E-state index contributed by atoms with van der Waals surface area (Å²) in [5, 5.41) is 4.53. The van der Waals surface area contributed by atoms with Crippen LogP contribution < -0.4 is 5.32 Å². The maximum absolute atomic E-state index is 3.70. The van der Waals surface area contributed by atoms with Crippen LogP contribution in [0.4, 0.5) is 0 Å². The minimum absolute atomic E-state index is 0.474. The lowest BCUT2D eigenvalue weighted by Crippen LogP contribution is -2.31. The minimum atomic E-state index is 0.474. The van der Waals surface area contributed by atoms with Crippen LogP contribution in [0.25, 0.3) is 0 Å². The van der Waals surface area contributed by atoms with E-state index in [4.69, 9.17) is 0 Å². The van der Waals surface area contributed by atoms with E-state index in [1.165, 1.54) is 17.7 Å². The molecule has 0 radical (unpaired) electrons. The number of benzene rings is 1. The molecule has 1 aromatic rings. The van der Waals surface area contributed by atoms with Gasteiger partial charge in [0, 0.05) is 23.1 Å². The van der Waals surface area contributed by atoms with Crippen LogP contribution in [0.3, 0.4) is 0 Å². The molecule has 0 amide bonds. The Morgan fingerprint density at radius 2 is 2.07 bits per heavy atom. The van der Waals surface area contributed by atoms with E-state index < -0.39 is 0 Å². The van der Waals surface area contributed by atoms with Crippen molar-refractivity contribution in [3.63, 3.8) is 0 Å². The average Bonchev–Trinajstić information content (AvgIpc) is 2.65. The zero-order valence-corrected chi connectivity index (χ0v) is 10.3. The van der Waals surface area contributed by atoms with Crippen molar-refractivity contribution in [3.05, 3.63) is 35.9 Å². The van der Waals surface area contributed by atoms with Gasteiger partial charge in [0.15, 0.2) is 0 Å². The van der Waals surface area contributed by atoms with E-state index in [1.54, 1.807) is 0 Å². The number of hydrogen-bond donors (Lipinski definition) is 1. The molecule has 2 heteroatoms. The number of nitrogens with one attached hydrogen (secondary N) is 1. The molecule has 0 bridgehead atoms. The largest absolute Gasteiger partial charge is 0.307 e. The Morgan fingerprint density at radius 1 is 1.33 bits per heavy atom. The second-order valence-electron chi connectivity index (χ2n) is 4.38. The quantitative estimate of drug-likeness (QED) is 0.841. The Bertz CT molecular complexity index is 299. The van der Waals surface area contributed by atoms with E-state index in [0.29, 0.717) is 12.1 Å². The third-order valence-corrected chi connectivity index (χ3v) is 4.34. The Hall–Kier alpha value is -0.470. The van der Waals surface area contributed by atoms with Crippen molar-refractivity contribution in [2.24, 2.45) is 0 Å². The molecule has 0 spiro atoms. The summed E-state index contributed by atoms with van der Waals surface area (Å²) in [5.41, 5.74) is 1.39. The highest BCUT2D eigenvalue weighted by atomic mass is 32.2. The summed E-state index contributed by atoms with van der Waals surface area (Å²) >= 11 is 2.08. The van der Waals surface area contributed by atoms with E-state index in [0.717, 1.165) is 5.25 Å². The first-order valence-electron chi connectivity index (χ1n) is 5.68. The summed E-state index contributed by atoms with van der Waals surface area (Å²) in [6.07, 6.45) is 1.31. The van der Waals surface area contributed by atoms with E-state index in [9.17, 15) is 0 Å². The Morgan fingerprint density at radius 3 is 2.67 bits per heavy atom. The summed E-state index contributed by atoms with van der Waals surface area (Å²) in [6.45, 7) is 4.57. The molecule has 3 unspecified atom stereocenters. The number of rotatable bonds is 3. The SMILES string of the molecule is CC1CC(NC(C)c2ccccc2)CS1. The van der Waals surface area contributed by atoms with Gasteiger partial charge in [-0.2, -0.15) is 11.8 Å². The molecule has 1 aliphatic rings. The predicted octanol–water partition coefficient (Wildman–Crippen LogP) is 3.23. The fourth-order valence-electron chi connectivity index (χ4n) is 2.12. The maximum Gasteiger partial charge on any atom is 0.0294 e. The lowest BCUT2D eigenvalue weighted by molar-refractivity contribution is 0.474.